The van der Waals surface area contributed by atoms with Crippen LogP contribution in [0.4, 0.5) is 0 Å². The predicted octanol–water partition coefficient (Wildman–Crippen LogP) is 4.58. The number of phenolic OH excluding ortho intramolecular Hbond substituents is 4. The molecule has 0 saturated heterocycles. The number of halogens is 2. The number of carbonyl (C=O) groups is 2. The van der Waals surface area contributed by atoms with Crippen molar-refractivity contribution in [2.24, 2.45) is 0 Å². The van der Waals surface area contributed by atoms with Crippen molar-refractivity contribution in [1.29, 1.82) is 0 Å². The molecule has 3 aromatic rings. The highest BCUT2D eigenvalue weighted by Crippen LogP contribution is 2.36. The van der Waals surface area contributed by atoms with Crippen LogP contribution in [0.5, 0.6) is 23.0 Å². The lowest BCUT2D eigenvalue weighted by Crippen LogP contribution is -2.41. The number of aromatic hydroxyl groups is 4. The third kappa shape index (κ3) is 4.83. The highest BCUT2D eigenvalue weighted by Gasteiger charge is 2.35. The molecule has 0 saturated carbocycles. The molecule has 8 nitrogen and oxygen atoms in total. The molecule has 1 aliphatic rings. The summed E-state index contributed by atoms with van der Waals surface area (Å²) in [5, 5.41) is 39.6. The highest BCUT2D eigenvalue weighted by molar-refractivity contribution is 9.11. The number of hydrogen-bond donors (Lipinski definition) is 4. The van der Waals surface area contributed by atoms with E-state index in [1.54, 1.807) is 0 Å². The molecular weight excluding hydrogens is 576 g/mol. The van der Waals surface area contributed by atoms with Gasteiger partial charge in [0.2, 0.25) is 0 Å². The van der Waals surface area contributed by atoms with Crippen molar-refractivity contribution in [3.8, 4) is 23.0 Å². The molecule has 0 aromatic heterocycles. The monoisotopic (exact) mass is 592 g/mol. The number of phenols is 4. The Balaban J connectivity index is 1.60. The van der Waals surface area contributed by atoms with E-state index in [4.69, 9.17) is 9.47 Å². The Kier molecular flexibility index (Phi) is 6.72. The fraction of sp³-hybridized carbons (Fsp3) is 0.167. The van der Waals surface area contributed by atoms with Crippen LogP contribution < -0.4 is 0 Å². The topological polar surface area (TPSA) is 134 Å². The van der Waals surface area contributed by atoms with Gasteiger partial charge in [-0.15, -0.1) is 0 Å². The maximum absolute atomic E-state index is 12.8. The second-order valence-corrected chi connectivity index (χ2v) is 9.31. The summed E-state index contributed by atoms with van der Waals surface area (Å²) in [7, 11) is 0. The van der Waals surface area contributed by atoms with Gasteiger partial charge in [0.1, 0.15) is 44.2 Å². The van der Waals surface area contributed by atoms with Crippen molar-refractivity contribution < 1.29 is 39.5 Å². The first-order valence-electron chi connectivity index (χ1n) is 10.1. The molecule has 0 unspecified atom stereocenters. The molecule has 2 atom stereocenters. The lowest BCUT2D eigenvalue weighted by Gasteiger charge is -2.32. The van der Waals surface area contributed by atoms with Gasteiger partial charge in [0.25, 0.3) is 0 Å². The molecule has 0 fully saturated rings. The quantitative estimate of drug-likeness (QED) is 0.323. The molecule has 176 valence electrons. The molecule has 0 aliphatic heterocycles. The van der Waals surface area contributed by atoms with Crippen LogP contribution in [0.3, 0.4) is 0 Å². The summed E-state index contributed by atoms with van der Waals surface area (Å²) < 4.78 is 11.4. The van der Waals surface area contributed by atoms with E-state index in [0.29, 0.717) is 0 Å². The van der Waals surface area contributed by atoms with Crippen LogP contribution >= 0.6 is 31.9 Å². The first-order valence-corrected chi connectivity index (χ1v) is 11.6. The van der Waals surface area contributed by atoms with Gasteiger partial charge in [-0.2, -0.15) is 0 Å². The zero-order valence-electron chi connectivity index (χ0n) is 17.4. The molecular formula is C24H18Br2O8. The van der Waals surface area contributed by atoms with Gasteiger partial charge in [-0.3, -0.25) is 0 Å². The standard InChI is InChI=1S/C24H18Br2O8/c25-21-15(27)5-13(6-16(21)28)23(31)33-19-9-11-3-1-2-4-12(11)10-20(19)34-24(32)14-7-17(29)22(26)18(30)8-14/h1-8,19-20,27-30H,9-10H2/t19-,20+. The highest BCUT2D eigenvalue weighted by atomic mass is 79.9. The van der Waals surface area contributed by atoms with E-state index in [2.05, 4.69) is 31.9 Å². The number of rotatable bonds is 4. The first-order chi connectivity index (χ1) is 16.1. The Labute approximate surface area is 210 Å². The van der Waals surface area contributed by atoms with Crippen molar-refractivity contribution in [3.63, 3.8) is 0 Å². The van der Waals surface area contributed by atoms with Crippen molar-refractivity contribution in [3.05, 3.63) is 79.7 Å². The molecule has 34 heavy (non-hydrogen) atoms. The van der Waals surface area contributed by atoms with Crippen molar-refractivity contribution in [1.82, 2.24) is 0 Å². The lowest BCUT2D eigenvalue weighted by molar-refractivity contribution is -0.0389. The average Bonchev–Trinajstić information content (AvgIpc) is 2.80. The predicted molar refractivity (Wildman–Crippen MR) is 127 cm³/mol. The number of esters is 2. The molecule has 0 spiro atoms. The van der Waals surface area contributed by atoms with E-state index >= 15 is 0 Å². The maximum atomic E-state index is 12.8. The molecule has 0 amide bonds. The fourth-order valence-electron chi connectivity index (χ4n) is 3.72. The van der Waals surface area contributed by atoms with Gasteiger partial charge < -0.3 is 29.9 Å². The van der Waals surface area contributed by atoms with Crippen LogP contribution in [0.25, 0.3) is 0 Å². The largest absolute Gasteiger partial charge is 0.507 e. The SMILES string of the molecule is O=C(O[C@H]1Cc2ccccc2C[C@H]1OC(=O)c1cc(O)c(Br)c(O)c1)c1cc(O)c(Br)c(O)c1. The van der Waals surface area contributed by atoms with Crippen LogP contribution in [0, 0.1) is 0 Å². The van der Waals surface area contributed by atoms with Crippen LogP contribution in [0.15, 0.2) is 57.5 Å². The van der Waals surface area contributed by atoms with Crippen molar-refractivity contribution >= 4 is 43.8 Å². The van der Waals surface area contributed by atoms with Crippen LogP contribution in [-0.4, -0.2) is 44.6 Å². The van der Waals surface area contributed by atoms with E-state index in [0.717, 1.165) is 35.4 Å². The Morgan fingerprint density at radius 1 is 0.676 bits per heavy atom. The minimum absolute atomic E-state index is 0.0449. The summed E-state index contributed by atoms with van der Waals surface area (Å²) in [6, 6.07) is 12.1. The maximum Gasteiger partial charge on any atom is 0.338 e. The lowest BCUT2D eigenvalue weighted by atomic mass is 9.87. The van der Waals surface area contributed by atoms with Gasteiger partial charge in [-0.05, 0) is 67.3 Å². The molecule has 10 heteroatoms. The van der Waals surface area contributed by atoms with E-state index in [1.165, 1.54) is 0 Å². The van der Waals surface area contributed by atoms with Gasteiger partial charge in [-0.25, -0.2) is 9.59 Å². The number of fused-ring (bicyclic) bond motifs is 1. The van der Waals surface area contributed by atoms with E-state index in [1.807, 2.05) is 24.3 Å². The summed E-state index contributed by atoms with van der Waals surface area (Å²) in [6.45, 7) is 0. The Hall–Kier alpha value is -3.24. The summed E-state index contributed by atoms with van der Waals surface area (Å²) in [5.41, 5.74) is 1.69. The van der Waals surface area contributed by atoms with E-state index < -0.39 is 24.1 Å². The molecule has 4 rings (SSSR count). The Bertz CT molecular complexity index is 1150. The minimum Gasteiger partial charge on any atom is -0.507 e. The fourth-order valence-corrected chi connectivity index (χ4v) is 4.18. The molecule has 4 N–H and O–H groups in total. The molecule has 0 radical (unpaired) electrons. The van der Waals surface area contributed by atoms with Gasteiger partial charge >= 0.3 is 11.9 Å². The van der Waals surface area contributed by atoms with Gasteiger partial charge in [-0.1, -0.05) is 24.3 Å². The number of carbonyl (C=O) groups excluding carboxylic acids is 2. The van der Waals surface area contributed by atoms with Gasteiger partial charge in [0.15, 0.2) is 0 Å². The van der Waals surface area contributed by atoms with Gasteiger partial charge in [0, 0.05) is 12.8 Å². The molecule has 0 heterocycles. The van der Waals surface area contributed by atoms with Crippen molar-refractivity contribution in [2.45, 2.75) is 25.0 Å². The second-order valence-electron chi connectivity index (χ2n) is 7.72. The van der Waals surface area contributed by atoms with Crippen LogP contribution in [0.1, 0.15) is 31.8 Å². The summed E-state index contributed by atoms with van der Waals surface area (Å²) in [6.07, 6.45) is -1.19. The zero-order chi connectivity index (χ0) is 24.6. The summed E-state index contributed by atoms with van der Waals surface area (Å²) in [4.78, 5) is 25.6. The zero-order valence-corrected chi connectivity index (χ0v) is 20.5. The first kappa shape index (κ1) is 23.9. The minimum atomic E-state index is -0.864. The molecule has 0 bridgehead atoms. The number of ether oxygens (including phenoxy) is 2. The summed E-state index contributed by atoms with van der Waals surface area (Å²) >= 11 is 6.01. The average molecular weight is 594 g/mol. The number of benzene rings is 3. The smallest absolute Gasteiger partial charge is 0.338 e. The molecule has 1 aliphatic carbocycles. The van der Waals surface area contributed by atoms with Crippen LogP contribution in [0.2, 0.25) is 0 Å². The Morgan fingerprint density at radius 2 is 1.00 bits per heavy atom. The van der Waals surface area contributed by atoms with Crippen LogP contribution in [-0.2, 0) is 22.3 Å². The third-order valence-electron chi connectivity index (χ3n) is 5.43. The normalized spacial score (nSPS) is 17.0. The third-order valence-corrected chi connectivity index (χ3v) is 7.06. The van der Waals surface area contributed by atoms with E-state index in [9.17, 15) is 30.0 Å². The Morgan fingerprint density at radius 3 is 1.32 bits per heavy atom. The number of hydrogen-bond acceptors (Lipinski definition) is 8. The second kappa shape index (κ2) is 9.55. The van der Waals surface area contributed by atoms with Crippen molar-refractivity contribution in [2.75, 3.05) is 0 Å². The van der Waals surface area contributed by atoms with E-state index in [-0.39, 0.29) is 55.9 Å². The summed E-state index contributed by atoms with van der Waals surface area (Å²) in [5.74, 6) is -2.97. The van der Waals surface area contributed by atoms with Gasteiger partial charge in [0.05, 0.1) is 11.1 Å². The molecule has 3 aromatic carbocycles.